The van der Waals surface area contributed by atoms with Crippen LogP contribution >= 0.6 is 0 Å². The molecule has 0 aliphatic carbocycles. The normalized spacial score (nSPS) is 16.1. The molecule has 0 saturated heterocycles. The van der Waals surface area contributed by atoms with E-state index in [2.05, 4.69) is 35.8 Å². The van der Waals surface area contributed by atoms with Crippen LogP contribution < -0.4 is 4.57 Å². The molecule has 3 heterocycles. The number of benzene rings is 3. The maximum atomic E-state index is 8.53. The number of fused-ring (bicyclic) bond motifs is 5. The second-order valence-electron chi connectivity index (χ2n) is 8.47. The highest BCUT2D eigenvalue weighted by atomic mass is 16.3. The Morgan fingerprint density at radius 2 is 1.81 bits per heavy atom. The van der Waals surface area contributed by atoms with Crippen LogP contribution in [0.2, 0.25) is 0 Å². The highest BCUT2D eigenvalue weighted by molar-refractivity contribution is 6.13. The summed E-state index contributed by atoms with van der Waals surface area (Å²) in [5.74, 6) is -1.71. The number of furan rings is 1. The van der Waals surface area contributed by atoms with Crippen LogP contribution in [0.1, 0.15) is 36.3 Å². The van der Waals surface area contributed by atoms with Gasteiger partial charge in [0.05, 0.1) is 16.5 Å². The number of rotatable bonds is 2. The average Bonchev–Trinajstić information content (AvgIpc) is 3.19. The van der Waals surface area contributed by atoms with Crippen LogP contribution in [0.5, 0.6) is 0 Å². The zero-order chi connectivity index (χ0) is 25.4. The third-order valence-corrected chi connectivity index (χ3v) is 6.35. The van der Waals surface area contributed by atoms with Crippen molar-refractivity contribution in [2.24, 2.45) is 7.05 Å². The number of nitrogens with zero attached hydrogens (tertiary/aromatic N) is 2. The van der Waals surface area contributed by atoms with Crippen molar-refractivity contribution in [1.29, 1.82) is 0 Å². The first-order chi connectivity index (χ1) is 17.1. The first kappa shape index (κ1) is 15.1. The number of aryl methyl sites for hydroxylation is 2. The number of hydrogen-bond acceptors (Lipinski definition) is 2. The number of para-hydroxylation sites is 1. The maximum absolute atomic E-state index is 8.53. The van der Waals surface area contributed by atoms with Gasteiger partial charge in [-0.25, -0.2) is 9.55 Å². The van der Waals surface area contributed by atoms with Gasteiger partial charge in [0.25, 0.3) is 0 Å². The van der Waals surface area contributed by atoms with Crippen LogP contribution in [0.4, 0.5) is 0 Å². The molecule has 0 bridgehead atoms. The molecule has 1 atom stereocenters. The summed E-state index contributed by atoms with van der Waals surface area (Å²) in [7, 11) is 1.99. The van der Waals surface area contributed by atoms with Crippen LogP contribution in [-0.2, 0) is 7.05 Å². The molecular weight excluding hydrogens is 392 g/mol. The molecule has 3 aromatic heterocycles. The molecule has 32 heavy (non-hydrogen) atoms. The minimum absolute atomic E-state index is 0.462. The van der Waals surface area contributed by atoms with Gasteiger partial charge < -0.3 is 4.42 Å². The summed E-state index contributed by atoms with van der Waals surface area (Å²) in [6.45, 7) is 1.08. The Hall–Kier alpha value is -3.72. The van der Waals surface area contributed by atoms with E-state index < -0.39 is 12.7 Å². The standard InChI is InChI=1S/C29H25N2O/c1-17(2)19-10-12-22-20(15-19)13-14-31(4)27(22)26-18(3)9-11-23-24-16-21-7-5-6-8-25(21)30-29(24)32-28(23)26/h5-17H,1-4H3/q+1/i1D3,17D. The summed E-state index contributed by atoms with van der Waals surface area (Å²) in [4.78, 5) is 4.78. The number of pyridine rings is 2. The molecule has 0 aliphatic rings. The lowest BCUT2D eigenvalue weighted by molar-refractivity contribution is -0.659. The van der Waals surface area contributed by atoms with Crippen LogP contribution in [0, 0.1) is 6.92 Å². The molecule has 0 N–H and O–H groups in total. The van der Waals surface area contributed by atoms with E-state index >= 15 is 0 Å². The summed E-state index contributed by atoms with van der Waals surface area (Å²) >= 11 is 0. The van der Waals surface area contributed by atoms with E-state index in [4.69, 9.17) is 14.9 Å². The predicted molar refractivity (Wildman–Crippen MR) is 132 cm³/mol. The molecular formula is C29H25N2O+. The van der Waals surface area contributed by atoms with Gasteiger partial charge in [0.1, 0.15) is 7.05 Å². The Morgan fingerprint density at radius 1 is 0.969 bits per heavy atom. The molecule has 0 saturated carbocycles. The van der Waals surface area contributed by atoms with Gasteiger partial charge in [0.2, 0.25) is 11.4 Å². The van der Waals surface area contributed by atoms with E-state index in [0.29, 0.717) is 11.3 Å². The Kier molecular flexibility index (Phi) is 3.26. The highest BCUT2D eigenvalue weighted by Gasteiger charge is 2.24. The monoisotopic (exact) mass is 421 g/mol. The maximum Gasteiger partial charge on any atom is 0.227 e. The first-order valence-electron chi connectivity index (χ1n) is 12.7. The van der Waals surface area contributed by atoms with Gasteiger partial charge in [-0.3, -0.25) is 0 Å². The summed E-state index contributed by atoms with van der Waals surface area (Å²) in [6.07, 6.45) is 1.96. The minimum atomic E-state index is -2.43. The van der Waals surface area contributed by atoms with Gasteiger partial charge in [-0.2, -0.15) is 0 Å². The molecule has 0 spiro atoms. The Balaban J connectivity index is 1.65. The Labute approximate surface area is 192 Å². The van der Waals surface area contributed by atoms with E-state index in [0.717, 1.165) is 54.9 Å². The molecule has 156 valence electrons. The number of aromatic nitrogens is 2. The summed E-state index contributed by atoms with van der Waals surface area (Å²) in [5, 5.41) is 4.86. The lowest BCUT2D eigenvalue weighted by Gasteiger charge is -2.11. The fourth-order valence-corrected chi connectivity index (χ4v) is 4.68. The molecule has 6 rings (SSSR count). The molecule has 1 unspecified atom stereocenters. The van der Waals surface area contributed by atoms with Crippen molar-refractivity contribution >= 4 is 43.7 Å². The van der Waals surface area contributed by atoms with Crippen molar-refractivity contribution < 1.29 is 14.5 Å². The van der Waals surface area contributed by atoms with Crippen molar-refractivity contribution in [3.8, 4) is 11.3 Å². The minimum Gasteiger partial charge on any atom is -0.437 e. The van der Waals surface area contributed by atoms with Gasteiger partial charge in [-0.1, -0.05) is 56.2 Å². The summed E-state index contributed by atoms with van der Waals surface area (Å²) < 4.78 is 40.5. The van der Waals surface area contributed by atoms with E-state index in [1.165, 1.54) is 6.92 Å². The summed E-state index contributed by atoms with van der Waals surface area (Å²) in [5.41, 5.74) is 5.72. The molecule has 3 aromatic carbocycles. The van der Waals surface area contributed by atoms with Gasteiger partial charge in [0.15, 0.2) is 11.8 Å². The zero-order valence-electron chi connectivity index (χ0n) is 22.2. The lowest BCUT2D eigenvalue weighted by atomic mass is 9.94. The van der Waals surface area contributed by atoms with E-state index in [-0.39, 0.29) is 0 Å². The predicted octanol–water partition coefficient (Wildman–Crippen LogP) is 7.21. The first-order valence-corrected chi connectivity index (χ1v) is 10.7. The van der Waals surface area contributed by atoms with E-state index in [9.17, 15) is 0 Å². The third kappa shape index (κ3) is 2.74. The van der Waals surface area contributed by atoms with Crippen molar-refractivity contribution in [1.82, 2.24) is 4.98 Å². The fourth-order valence-electron chi connectivity index (χ4n) is 4.68. The molecule has 0 amide bonds. The topological polar surface area (TPSA) is 29.9 Å². The smallest absolute Gasteiger partial charge is 0.227 e. The van der Waals surface area contributed by atoms with E-state index in [1.807, 2.05) is 49.6 Å². The Morgan fingerprint density at radius 3 is 2.69 bits per heavy atom. The highest BCUT2D eigenvalue weighted by Crippen LogP contribution is 2.39. The van der Waals surface area contributed by atoms with Crippen LogP contribution in [-0.4, -0.2) is 4.98 Å². The van der Waals surface area contributed by atoms with Crippen LogP contribution in [0.3, 0.4) is 0 Å². The zero-order valence-corrected chi connectivity index (χ0v) is 18.2. The van der Waals surface area contributed by atoms with Crippen LogP contribution in [0.15, 0.2) is 77.3 Å². The molecule has 3 heteroatoms. The van der Waals surface area contributed by atoms with Crippen molar-refractivity contribution in [2.45, 2.75) is 26.6 Å². The van der Waals surface area contributed by atoms with Crippen molar-refractivity contribution in [3.05, 3.63) is 84.1 Å². The molecule has 6 aromatic rings. The van der Waals surface area contributed by atoms with Gasteiger partial charge in [-0.15, -0.1) is 0 Å². The number of hydrogen-bond donors (Lipinski definition) is 0. The molecule has 0 aliphatic heterocycles. The largest absolute Gasteiger partial charge is 0.437 e. The Bertz CT molecular complexity index is 1830. The van der Waals surface area contributed by atoms with Gasteiger partial charge in [0, 0.05) is 27.7 Å². The fraction of sp³-hybridized carbons (Fsp3) is 0.172. The molecule has 0 fully saturated rings. The third-order valence-electron chi connectivity index (χ3n) is 6.35. The van der Waals surface area contributed by atoms with Gasteiger partial charge >= 0.3 is 0 Å². The van der Waals surface area contributed by atoms with Crippen molar-refractivity contribution in [3.63, 3.8) is 0 Å². The molecule has 0 radical (unpaired) electrons. The molecule has 3 nitrogen and oxygen atoms in total. The average molecular weight is 422 g/mol. The van der Waals surface area contributed by atoms with E-state index in [1.54, 1.807) is 6.07 Å². The summed E-state index contributed by atoms with van der Waals surface area (Å²) in [6, 6.07) is 21.8. The van der Waals surface area contributed by atoms with Gasteiger partial charge in [-0.05, 0) is 47.5 Å². The van der Waals surface area contributed by atoms with Crippen molar-refractivity contribution in [2.75, 3.05) is 0 Å². The lowest BCUT2D eigenvalue weighted by Crippen LogP contribution is -2.30. The van der Waals surface area contributed by atoms with Crippen LogP contribution in [0.25, 0.3) is 55.0 Å². The second kappa shape index (κ2) is 6.89. The SMILES string of the molecule is [2H]C([2H])([2H])C([2H])(C)c1ccc2c(-c3c(C)ccc4c3oc3nc5ccccc5cc34)[n+](C)ccc2c1. The quantitative estimate of drug-likeness (QED) is 0.276. The second-order valence-corrected chi connectivity index (χ2v) is 8.47.